The molecule has 0 bridgehead atoms. The van der Waals surface area contributed by atoms with Crippen LogP contribution in [-0.2, 0) is 10.0 Å². The van der Waals surface area contributed by atoms with Gasteiger partial charge in [-0.2, -0.15) is 4.31 Å². The predicted molar refractivity (Wildman–Crippen MR) is 96.2 cm³/mol. The molecule has 0 aliphatic carbocycles. The molecule has 0 spiro atoms. The Morgan fingerprint density at radius 3 is 2.54 bits per heavy atom. The summed E-state index contributed by atoms with van der Waals surface area (Å²) in [5, 5.41) is 0.548. The quantitative estimate of drug-likeness (QED) is 0.880. The Morgan fingerprint density at radius 1 is 1.12 bits per heavy atom. The molecule has 128 valence electrons. The van der Waals surface area contributed by atoms with Crippen molar-refractivity contribution in [3.63, 3.8) is 0 Å². The van der Waals surface area contributed by atoms with Gasteiger partial charge in [0.1, 0.15) is 4.90 Å². The normalized spacial score (nSPS) is 22.5. The van der Waals surface area contributed by atoms with Crippen LogP contribution in [0.3, 0.4) is 0 Å². The van der Waals surface area contributed by atoms with Crippen molar-refractivity contribution in [3.05, 3.63) is 64.1 Å². The number of halogens is 2. The van der Waals surface area contributed by atoms with Crippen LogP contribution in [0.4, 0.5) is 0 Å². The molecular weight excluding hydrogens is 367 g/mol. The summed E-state index contributed by atoms with van der Waals surface area (Å²) in [6, 6.07) is 14.0. The zero-order chi connectivity index (χ0) is 17.3. The van der Waals surface area contributed by atoms with Crippen molar-refractivity contribution < 1.29 is 13.3 Å². The molecule has 1 aliphatic rings. The molecule has 0 aromatic heterocycles. The van der Waals surface area contributed by atoms with E-state index in [4.69, 9.17) is 23.2 Å². The molecule has 1 N–H and O–H groups in total. The summed E-state index contributed by atoms with van der Waals surface area (Å²) in [6.07, 6.45) is 0. The molecule has 1 fully saturated rings. The molecule has 7 heteroatoms. The van der Waals surface area contributed by atoms with Gasteiger partial charge in [-0.25, -0.2) is 8.42 Å². The number of likely N-dealkylation sites (N-methyl/N-ethyl adjacent to an activating group) is 1. The van der Waals surface area contributed by atoms with E-state index in [9.17, 15) is 8.42 Å². The Hall–Kier alpha value is -1.11. The van der Waals surface area contributed by atoms with Crippen molar-refractivity contribution in [1.29, 1.82) is 0 Å². The molecule has 3 rings (SSSR count). The van der Waals surface area contributed by atoms with E-state index in [1.54, 1.807) is 10.4 Å². The molecule has 1 aliphatic heterocycles. The smallest absolute Gasteiger partial charge is 0.245 e. The lowest BCUT2D eigenvalue weighted by atomic mass is 10.1. The topological polar surface area (TPSA) is 41.8 Å². The van der Waals surface area contributed by atoms with E-state index in [1.807, 2.05) is 30.3 Å². The Kier molecular flexibility index (Phi) is 5.18. The highest BCUT2D eigenvalue weighted by molar-refractivity contribution is 7.89. The van der Waals surface area contributed by atoms with Gasteiger partial charge >= 0.3 is 0 Å². The van der Waals surface area contributed by atoms with Gasteiger partial charge in [-0.3, -0.25) is 0 Å². The van der Waals surface area contributed by atoms with Crippen molar-refractivity contribution in [2.75, 3.05) is 26.7 Å². The minimum atomic E-state index is -3.73. The van der Waals surface area contributed by atoms with Gasteiger partial charge in [0, 0.05) is 5.02 Å². The monoisotopic (exact) mass is 385 g/mol. The zero-order valence-corrected chi connectivity index (χ0v) is 15.6. The molecule has 4 nitrogen and oxygen atoms in total. The summed E-state index contributed by atoms with van der Waals surface area (Å²) < 4.78 is 28.0. The second kappa shape index (κ2) is 7.02. The molecule has 2 atom stereocenters. The van der Waals surface area contributed by atoms with Crippen LogP contribution in [0.5, 0.6) is 0 Å². The first kappa shape index (κ1) is 17.7. The fourth-order valence-electron chi connectivity index (χ4n) is 3.04. The number of hydrogen-bond acceptors (Lipinski definition) is 2. The lowest BCUT2D eigenvalue weighted by Crippen LogP contribution is -3.12. The van der Waals surface area contributed by atoms with Gasteiger partial charge in [0.25, 0.3) is 0 Å². The molecule has 1 heterocycles. The number of piperazine rings is 1. The molecule has 0 amide bonds. The van der Waals surface area contributed by atoms with Crippen LogP contribution in [0.1, 0.15) is 11.6 Å². The molecule has 2 aromatic rings. The van der Waals surface area contributed by atoms with E-state index < -0.39 is 10.0 Å². The highest BCUT2D eigenvalue weighted by atomic mass is 35.5. The van der Waals surface area contributed by atoms with Crippen LogP contribution in [-0.4, -0.2) is 39.4 Å². The Balaban J connectivity index is 2.05. The number of nitrogens with zero attached hydrogens (tertiary/aromatic N) is 1. The number of rotatable bonds is 3. The summed E-state index contributed by atoms with van der Waals surface area (Å²) in [5.74, 6) is 0. The van der Waals surface area contributed by atoms with Crippen LogP contribution in [0.2, 0.25) is 10.0 Å². The molecule has 0 saturated carbocycles. The second-order valence-electron chi connectivity index (χ2n) is 6.03. The van der Waals surface area contributed by atoms with Crippen LogP contribution in [0.25, 0.3) is 0 Å². The summed E-state index contributed by atoms with van der Waals surface area (Å²) in [4.78, 5) is 1.37. The molecule has 2 aromatic carbocycles. The standard InChI is InChI=1S/C17H18Cl2N2O2S/c1-20-9-10-21(16(12-20)13-5-3-2-4-6-13)24(22,23)17-11-14(18)7-8-15(17)19/h2-8,11,16H,9-10,12H2,1H3/p+1/t16-/m0/s1. The van der Waals surface area contributed by atoms with Gasteiger partial charge in [0.05, 0.1) is 37.7 Å². The largest absolute Gasteiger partial charge is 0.335 e. The third-order valence-corrected chi connectivity index (χ3v) is 6.94. The lowest BCUT2D eigenvalue weighted by Gasteiger charge is -2.37. The molecular formula is C17H19Cl2N2O2S+. The number of nitrogens with one attached hydrogen (secondary N) is 1. The van der Waals surface area contributed by atoms with Gasteiger partial charge in [-0.05, 0) is 23.8 Å². The minimum Gasteiger partial charge on any atom is -0.335 e. The van der Waals surface area contributed by atoms with Gasteiger partial charge < -0.3 is 4.90 Å². The SMILES string of the molecule is C[NH+]1CCN(S(=O)(=O)c2cc(Cl)ccc2Cl)[C@H](c2ccccc2)C1. The average Bonchev–Trinajstić information content (AvgIpc) is 2.57. The van der Waals surface area contributed by atoms with E-state index in [2.05, 4.69) is 7.05 Å². The fourth-order valence-corrected chi connectivity index (χ4v) is 5.39. The molecule has 0 radical (unpaired) electrons. The van der Waals surface area contributed by atoms with Gasteiger partial charge in [0.2, 0.25) is 10.0 Å². The molecule has 24 heavy (non-hydrogen) atoms. The van der Waals surface area contributed by atoms with Crippen molar-refractivity contribution in [2.24, 2.45) is 0 Å². The zero-order valence-electron chi connectivity index (χ0n) is 13.2. The Bertz CT molecular complexity index is 828. The van der Waals surface area contributed by atoms with Crippen molar-refractivity contribution in [2.45, 2.75) is 10.9 Å². The summed E-state index contributed by atoms with van der Waals surface area (Å²) in [6.45, 7) is 1.90. The second-order valence-corrected chi connectivity index (χ2v) is 8.73. The average molecular weight is 386 g/mol. The summed E-state index contributed by atoms with van der Waals surface area (Å²) in [5.41, 5.74) is 0.985. The fraction of sp³-hybridized carbons (Fsp3) is 0.294. The highest BCUT2D eigenvalue weighted by Crippen LogP contribution is 2.32. The number of benzene rings is 2. The first-order valence-corrected chi connectivity index (χ1v) is 9.92. The van der Waals surface area contributed by atoms with E-state index >= 15 is 0 Å². The number of sulfonamides is 1. The van der Waals surface area contributed by atoms with Crippen molar-refractivity contribution in [1.82, 2.24) is 4.31 Å². The van der Waals surface area contributed by atoms with E-state index in [0.717, 1.165) is 12.1 Å². The van der Waals surface area contributed by atoms with E-state index in [-0.39, 0.29) is 16.0 Å². The van der Waals surface area contributed by atoms with Crippen molar-refractivity contribution >= 4 is 33.2 Å². The molecule has 1 unspecified atom stereocenters. The van der Waals surface area contributed by atoms with Crippen LogP contribution < -0.4 is 4.90 Å². The van der Waals surface area contributed by atoms with E-state index in [0.29, 0.717) is 18.1 Å². The maximum Gasteiger partial charge on any atom is 0.245 e. The third kappa shape index (κ3) is 3.46. The summed E-state index contributed by atoms with van der Waals surface area (Å²) >= 11 is 12.1. The van der Waals surface area contributed by atoms with Crippen LogP contribution in [0.15, 0.2) is 53.4 Å². The Labute approximate surface area is 152 Å². The Morgan fingerprint density at radius 2 is 1.83 bits per heavy atom. The van der Waals surface area contributed by atoms with Gasteiger partial charge in [0.15, 0.2) is 0 Å². The minimum absolute atomic E-state index is 0.0668. The van der Waals surface area contributed by atoms with Crippen LogP contribution >= 0.6 is 23.2 Å². The predicted octanol–water partition coefficient (Wildman–Crippen LogP) is 2.25. The van der Waals surface area contributed by atoms with Gasteiger partial charge in [-0.1, -0.05) is 53.5 Å². The lowest BCUT2D eigenvalue weighted by molar-refractivity contribution is -0.887. The third-order valence-electron chi connectivity index (χ3n) is 4.31. The maximum atomic E-state index is 13.2. The van der Waals surface area contributed by atoms with E-state index in [1.165, 1.54) is 17.0 Å². The first-order chi connectivity index (χ1) is 11.4. The first-order valence-electron chi connectivity index (χ1n) is 7.73. The van der Waals surface area contributed by atoms with Crippen molar-refractivity contribution in [3.8, 4) is 0 Å². The van der Waals surface area contributed by atoms with Crippen LogP contribution in [0, 0.1) is 0 Å². The summed E-state index contributed by atoms with van der Waals surface area (Å²) in [7, 11) is -1.66. The number of hydrogen-bond donors (Lipinski definition) is 1. The number of quaternary nitrogens is 1. The van der Waals surface area contributed by atoms with Gasteiger partial charge in [-0.15, -0.1) is 0 Å². The maximum absolute atomic E-state index is 13.2. The molecule has 1 saturated heterocycles. The highest BCUT2D eigenvalue weighted by Gasteiger charge is 2.39.